The van der Waals surface area contributed by atoms with Crippen LogP contribution in [0.1, 0.15) is 17.3 Å². The number of nitrogens with one attached hydrogen (secondary N) is 2. The number of rotatable bonds is 2. The monoisotopic (exact) mass is 270 g/mol. The number of para-hydroxylation sites is 1. The Morgan fingerprint density at radius 1 is 1.16 bits per heavy atom. The largest absolute Gasteiger partial charge is 0.354 e. The molecule has 0 fully saturated rings. The van der Waals surface area contributed by atoms with Gasteiger partial charge in [0.05, 0.1) is 11.4 Å². The maximum Gasteiger partial charge on any atom is 0.251 e. The van der Waals surface area contributed by atoms with E-state index in [-0.39, 0.29) is 5.91 Å². The second-order valence-electron chi connectivity index (χ2n) is 4.29. The zero-order chi connectivity index (χ0) is 13.2. The van der Waals surface area contributed by atoms with Crippen molar-refractivity contribution in [1.82, 2.24) is 5.32 Å². The molecule has 3 nitrogen and oxygen atoms in total. The van der Waals surface area contributed by atoms with Crippen molar-refractivity contribution in [3.05, 3.63) is 48.0 Å². The fourth-order valence-corrected chi connectivity index (χ4v) is 3.06. The van der Waals surface area contributed by atoms with Crippen LogP contribution in [-0.4, -0.2) is 12.5 Å². The van der Waals surface area contributed by atoms with Crippen LogP contribution < -0.4 is 10.6 Å². The highest BCUT2D eigenvalue weighted by Gasteiger charge is 2.16. The molecule has 0 saturated heterocycles. The number of hydrogen-bond acceptors (Lipinski definition) is 3. The predicted molar refractivity (Wildman–Crippen MR) is 78.3 cm³/mol. The lowest BCUT2D eigenvalue weighted by molar-refractivity contribution is 0.0955. The summed E-state index contributed by atoms with van der Waals surface area (Å²) in [5, 5.41) is 6.21. The normalized spacial score (nSPS) is 12.1. The van der Waals surface area contributed by atoms with Crippen LogP contribution in [0.2, 0.25) is 0 Å². The third kappa shape index (κ3) is 2.31. The van der Waals surface area contributed by atoms with Gasteiger partial charge in [0, 0.05) is 21.9 Å². The summed E-state index contributed by atoms with van der Waals surface area (Å²) in [5.74, 6) is -0.0234. The first-order valence-electron chi connectivity index (χ1n) is 6.24. The van der Waals surface area contributed by atoms with Gasteiger partial charge in [-0.05, 0) is 37.3 Å². The Hall–Kier alpha value is -1.94. The van der Waals surface area contributed by atoms with E-state index in [4.69, 9.17) is 0 Å². The molecule has 96 valence electrons. The third-order valence-corrected chi connectivity index (χ3v) is 4.09. The zero-order valence-corrected chi connectivity index (χ0v) is 11.4. The van der Waals surface area contributed by atoms with Gasteiger partial charge in [-0.15, -0.1) is 0 Å². The van der Waals surface area contributed by atoms with Gasteiger partial charge in [0.25, 0.3) is 5.91 Å². The van der Waals surface area contributed by atoms with Crippen molar-refractivity contribution in [3.8, 4) is 0 Å². The Morgan fingerprint density at radius 3 is 2.79 bits per heavy atom. The molecule has 4 heteroatoms. The van der Waals surface area contributed by atoms with Gasteiger partial charge in [-0.1, -0.05) is 23.9 Å². The van der Waals surface area contributed by atoms with Crippen LogP contribution in [0, 0.1) is 0 Å². The van der Waals surface area contributed by atoms with Crippen LogP contribution in [0.15, 0.2) is 52.3 Å². The van der Waals surface area contributed by atoms with Crippen molar-refractivity contribution in [2.24, 2.45) is 0 Å². The predicted octanol–water partition coefficient (Wildman–Crippen LogP) is 3.64. The third-order valence-electron chi connectivity index (χ3n) is 2.96. The molecule has 2 N–H and O–H groups in total. The van der Waals surface area contributed by atoms with Gasteiger partial charge < -0.3 is 10.6 Å². The number of benzene rings is 2. The highest BCUT2D eigenvalue weighted by atomic mass is 32.2. The lowest BCUT2D eigenvalue weighted by atomic mass is 10.2. The zero-order valence-electron chi connectivity index (χ0n) is 10.6. The molecule has 0 saturated carbocycles. The van der Waals surface area contributed by atoms with E-state index >= 15 is 0 Å². The first-order chi connectivity index (χ1) is 9.28. The average Bonchev–Trinajstić information content (AvgIpc) is 2.44. The van der Waals surface area contributed by atoms with E-state index in [0.29, 0.717) is 12.1 Å². The van der Waals surface area contributed by atoms with Crippen molar-refractivity contribution in [2.75, 3.05) is 11.9 Å². The molecule has 1 amide bonds. The summed E-state index contributed by atoms with van der Waals surface area (Å²) in [6, 6.07) is 13.9. The second-order valence-corrected chi connectivity index (χ2v) is 5.38. The van der Waals surface area contributed by atoms with Crippen LogP contribution in [0.5, 0.6) is 0 Å². The fourth-order valence-electron chi connectivity index (χ4n) is 2.04. The summed E-state index contributed by atoms with van der Waals surface area (Å²) in [5.41, 5.74) is 2.87. The van der Waals surface area contributed by atoms with E-state index < -0.39 is 0 Å². The summed E-state index contributed by atoms with van der Waals surface area (Å²) in [6.45, 7) is 2.56. The summed E-state index contributed by atoms with van der Waals surface area (Å²) >= 11 is 1.69. The van der Waals surface area contributed by atoms with Gasteiger partial charge in [0.1, 0.15) is 0 Å². The summed E-state index contributed by atoms with van der Waals surface area (Å²) < 4.78 is 0. The van der Waals surface area contributed by atoms with Crippen molar-refractivity contribution < 1.29 is 4.79 Å². The maximum absolute atomic E-state index is 11.8. The molecule has 0 aromatic heterocycles. The molecular formula is C15H14N2OS. The first kappa shape index (κ1) is 12.1. The van der Waals surface area contributed by atoms with Crippen LogP contribution in [0.3, 0.4) is 0 Å². The molecule has 2 aromatic carbocycles. The maximum atomic E-state index is 11.8. The molecule has 0 aliphatic carbocycles. The molecule has 0 radical (unpaired) electrons. The quantitative estimate of drug-likeness (QED) is 0.747. The van der Waals surface area contributed by atoms with E-state index in [0.717, 1.165) is 16.3 Å². The molecule has 0 spiro atoms. The lowest BCUT2D eigenvalue weighted by Gasteiger charge is -2.21. The Balaban J connectivity index is 1.94. The van der Waals surface area contributed by atoms with Crippen LogP contribution in [0.4, 0.5) is 11.4 Å². The molecule has 0 atom stereocenters. The fraction of sp³-hybridized carbons (Fsp3) is 0.133. The Labute approximate surface area is 116 Å². The highest BCUT2D eigenvalue weighted by molar-refractivity contribution is 7.99. The number of anilines is 2. The van der Waals surface area contributed by atoms with Crippen LogP contribution >= 0.6 is 11.8 Å². The number of carbonyl (C=O) groups is 1. The van der Waals surface area contributed by atoms with E-state index in [1.54, 1.807) is 11.8 Å². The van der Waals surface area contributed by atoms with Gasteiger partial charge in [-0.2, -0.15) is 0 Å². The first-order valence-corrected chi connectivity index (χ1v) is 7.05. The van der Waals surface area contributed by atoms with E-state index in [1.165, 1.54) is 4.90 Å². The molecule has 3 rings (SSSR count). The molecular weight excluding hydrogens is 256 g/mol. The van der Waals surface area contributed by atoms with Crippen molar-refractivity contribution in [2.45, 2.75) is 16.7 Å². The van der Waals surface area contributed by atoms with Crippen molar-refractivity contribution in [3.63, 3.8) is 0 Å². The minimum Gasteiger partial charge on any atom is -0.354 e. The smallest absolute Gasteiger partial charge is 0.251 e. The molecule has 0 bridgehead atoms. The topological polar surface area (TPSA) is 41.1 Å². The van der Waals surface area contributed by atoms with E-state index in [9.17, 15) is 4.79 Å². The molecule has 0 unspecified atom stereocenters. The molecule has 19 heavy (non-hydrogen) atoms. The summed E-state index contributed by atoms with van der Waals surface area (Å²) in [4.78, 5) is 14.1. The minimum atomic E-state index is -0.0234. The Kier molecular flexibility index (Phi) is 3.17. The second kappa shape index (κ2) is 4.97. The van der Waals surface area contributed by atoms with Gasteiger partial charge >= 0.3 is 0 Å². The SMILES string of the molecule is CCNC(=O)c1ccc2c(c1)Sc1ccccc1N2. The van der Waals surface area contributed by atoms with Crippen molar-refractivity contribution >= 4 is 29.0 Å². The van der Waals surface area contributed by atoms with E-state index in [1.807, 2.05) is 37.3 Å². The van der Waals surface area contributed by atoms with E-state index in [2.05, 4.69) is 22.8 Å². The standard InChI is InChI=1S/C15H14N2OS/c1-2-16-15(18)10-7-8-12-14(9-10)19-13-6-4-3-5-11(13)17-12/h3-9,17H,2H2,1H3,(H,16,18). The molecule has 2 aromatic rings. The Bertz CT molecular complexity index is 640. The lowest BCUT2D eigenvalue weighted by Crippen LogP contribution is -2.22. The average molecular weight is 270 g/mol. The number of amides is 1. The van der Waals surface area contributed by atoms with Gasteiger partial charge in [0.15, 0.2) is 0 Å². The van der Waals surface area contributed by atoms with Crippen LogP contribution in [0.25, 0.3) is 0 Å². The van der Waals surface area contributed by atoms with Crippen molar-refractivity contribution in [1.29, 1.82) is 0 Å². The van der Waals surface area contributed by atoms with Gasteiger partial charge in [0.2, 0.25) is 0 Å². The highest BCUT2D eigenvalue weighted by Crippen LogP contribution is 2.44. The van der Waals surface area contributed by atoms with Crippen LogP contribution in [-0.2, 0) is 0 Å². The summed E-state index contributed by atoms with van der Waals surface area (Å²) in [7, 11) is 0. The number of hydrogen-bond donors (Lipinski definition) is 2. The number of fused-ring (bicyclic) bond motifs is 2. The Morgan fingerprint density at radius 2 is 1.95 bits per heavy atom. The molecule has 1 aliphatic heterocycles. The minimum absolute atomic E-state index is 0.0234. The molecule has 1 heterocycles. The molecule has 1 aliphatic rings. The summed E-state index contributed by atoms with van der Waals surface area (Å²) in [6.07, 6.45) is 0. The van der Waals surface area contributed by atoms with Gasteiger partial charge in [-0.25, -0.2) is 0 Å². The van der Waals surface area contributed by atoms with Gasteiger partial charge in [-0.3, -0.25) is 4.79 Å². The number of carbonyl (C=O) groups excluding carboxylic acids is 1.